The van der Waals surface area contributed by atoms with E-state index in [0.29, 0.717) is 30.2 Å². The minimum absolute atomic E-state index is 0.0200. The minimum Gasteiger partial charge on any atom is -0.300 e. The van der Waals surface area contributed by atoms with Gasteiger partial charge in [0.25, 0.3) is 0 Å². The van der Waals surface area contributed by atoms with Gasteiger partial charge in [0.1, 0.15) is 11.5 Å². The van der Waals surface area contributed by atoms with Gasteiger partial charge in [-0.2, -0.15) is 0 Å². The molecular formula is C20H21N5O2. The number of hydrogen-bond acceptors (Lipinski definition) is 5. The average molecular weight is 363 g/mol. The second-order valence-corrected chi connectivity index (χ2v) is 6.24. The quantitative estimate of drug-likeness (QED) is 0.376. The average Bonchev–Trinajstić information content (AvgIpc) is 2.72. The first-order valence-corrected chi connectivity index (χ1v) is 8.77. The Hall–Kier alpha value is -3.35. The molecule has 7 heteroatoms. The van der Waals surface area contributed by atoms with Crippen molar-refractivity contribution in [1.29, 1.82) is 0 Å². The standard InChI is InChI=1S/C20H21N5O2/c1-14(26)15-8-2-3-9-16(15)20(27)25-24-19(17-10-4-6-12-21-17)23-18-11-5-7-13-22-18/h2-7,10-13,15-16H,8-9H2,1H3,(H,25,27)(H,22,23,24). The van der Waals surface area contributed by atoms with Gasteiger partial charge >= 0.3 is 0 Å². The molecule has 0 saturated carbocycles. The Morgan fingerprint density at radius 3 is 2.30 bits per heavy atom. The summed E-state index contributed by atoms with van der Waals surface area (Å²) < 4.78 is 0. The number of carbonyl (C=O) groups is 2. The third-order valence-corrected chi connectivity index (χ3v) is 4.38. The Morgan fingerprint density at radius 1 is 0.963 bits per heavy atom. The molecule has 1 aliphatic rings. The van der Waals surface area contributed by atoms with Gasteiger partial charge in [0.05, 0.1) is 5.92 Å². The van der Waals surface area contributed by atoms with Gasteiger partial charge in [-0.05, 0) is 44.0 Å². The molecule has 27 heavy (non-hydrogen) atoms. The molecule has 1 aliphatic carbocycles. The van der Waals surface area contributed by atoms with E-state index in [2.05, 4.69) is 25.8 Å². The van der Waals surface area contributed by atoms with Gasteiger partial charge < -0.3 is 0 Å². The Morgan fingerprint density at radius 2 is 1.67 bits per heavy atom. The maximum Gasteiger partial charge on any atom is 0.242 e. The van der Waals surface area contributed by atoms with Crippen LogP contribution in [0.4, 0.5) is 5.82 Å². The van der Waals surface area contributed by atoms with E-state index in [0.717, 1.165) is 0 Å². The number of pyridine rings is 2. The van der Waals surface area contributed by atoms with Crippen molar-refractivity contribution in [3.05, 3.63) is 66.6 Å². The van der Waals surface area contributed by atoms with Crippen LogP contribution >= 0.6 is 0 Å². The number of nitrogens with zero attached hydrogens (tertiary/aromatic N) is 3. The largest absolute Gasteiger partial charge is 0.300 e. The lowest BCUT2D eigenvalue weighted by atomic mass is 9.80. The summed E-state index contributed by atoms with van der Waals surface area (Å²) >= 11 is 0. The Bertz CT molecular complexity index is 849. The topological polar surface area (TPSA) is 96.3 Å². The predicted molar refractivity (Wildman–Crippen MR) is 102 cm³/mol. The molecule has 2 heterocycles. The summed E-state index contributed by atoms with van der Waals surface area (Å²) in [4.78, 5) is 37.4. The molecule has 2 aromatic rings. The predicted octanol–water partition coefficient (Wildman–Crippen LogP) is 2.35. The third-order valence-electron chi connectivity index (χ3n) is 4.38. The molecule has 2 aromatic heterocycles. The summed E-state index contributed by atoms with van der Waals surface area (Å²) in [7, 11) is 0. The first-order valence-electron chi connectivity index (χ1n) is 8.77. The number of Topliss-reactive ketones (excluding diaryl/α,β-unsaturated/α-hetero) is 1. The fraction of sp³-hybridized carbons (Fsp3) is 0.250. The number of ketones is 1. The highest BCUT2D eigenvalue weighted by molar-refractivity contribution is 5.99. The number of nitrogens with one attached hydrogen (secondary N) is 2. The molecule has 0 bridgehead atoms. The van der Waals surface area contributed by atoms with Gasteiger partial charge in [-0.1, -0.05) is 24.3 Å². The molecule has 0 spiro atoms. The van der Waals surface area contributed by atoms with Crippen LogP contribution < -0.4 is 10.9 Å². The number of rotatable bonds is 4. The molecule has 0 radical (unpaired) electrons. The van der Waals surface area contributed by atoms with E-state index < -0.39 is 5.92 Å². The number of aromatic nitrogens is 2. The summed E-state index contributed by atoms with van der Waals surface area (Å²) in [6, 6.07) is 10.8. The molecular weight excluding hydrogens is 342 g/mol. The number of hydrogen-bond donors (Lipinski definition) is 2. The fourth-order valence-corrected chi connectivity index (χ4v) is 2.95. The van der Waals surface area contributed by atoms with Crippen LogP contribution in [0.25, 0.3) is 0 Å². The molecule has 138 valence electrons. The molecule has 3 rings (SSSR count). The minimum atomic E-state index is -0.403. The van der Waals surface area contributed by atoms with Crippen molar-refractivity contribution >= 4 is 23.3 Å². The number of amidine groups is 1. The molecule has 1 amide bonds. The third kappa shape index (κ3) is 4.84. The number of aliphatic imine (C=N–C) groups is 1. The van der Waals surface area contributed by atoms with E-state index in [9.17, 15) is 9.59 Å². The smallest absolute Gasteiger partial charge is 0.242 e. The van der Waals surface area contributed by atoms with Crippen LogP contribution in [0.5, 0.6) is 0 Å². The molecule has 0 fully saturated rings. The zero-order chi connectivity index (χ0) is 19.1. The number of allylic oxidation sites excluding steroid dienone is 2. The van der Waals surface area contributed by atoms with Gasteiger partial charge in [-0.25, -0.2) is 9.98 Å². The van der Waals surface area contributed by atoms with Gasteiger partial charge in [0, 0.05) is 18.3 Å². The van der Waals surface area contributed by atoms with Crippen LogP contribution in [0.1, 0.15) is 25.5 Å². The van der Waals surface area contributed by atoms with E-state index in [1.807, 2.05) is 24.3 Å². The summed E-state index contributed by atoms with van der Waals surface area (Å²) in [6.45, 7) is 1.53. The van der Waals surface area contributed by atoms with E-state index in [1.165, 1.54) is 6.92 Å². The van der Waals surface area contributed by atoms with Crippen molar-refractivity contribution in [3.8, 4) is 0 Å². The maximum atomic E-state index is 12.7. The molecule has 2 atom stereocenters. The van der Waals surface area contributed by atoms with Crippen LogP contribution in [-0.2, 0) is 9.59 Å². The molecule has 2 unspecified atom stereocenters. The summed E-state index contributed by atoms with van der Waals surface area (Å²) in [6.07, 6.45) is 8.29. The lowest BCUT2D eigenvalue weighted by molar-refractivity contribution is -0.133. The zero-order valence-corrected chi connectivity index (χ0v) is 15.0. The molecule has 0 aliphatic heterocycles. The van der Waals surface area contributed by atoms with Crippen LogP contribution in [-0.4, -0.2) is 27.5 Å². The molecule has 0 aromatic carbocycles. The van der Waals surface area contributed by atoms with Crippen LogP contribution in [0.2, 0.25) is 0 Å². The summed E-state index contributed by atoms with van der Waals surface area (Å²) in [5.74, 6) is -0.0750. The zero-order valence-electron chi connectivity index (χ0n) is 15.0. The van der Waals surface area contributed by atoms with E-state index in [4.69, 9.17) is 0 Å². The van der Waals surface area contributed by atoms with E-state index in [-0.39, 0.29) is 17.6 Å². The van der Waals surface area contributed by atoms with Crippen molar-refractivity contribution < 1.29 is 9.59 Å². The van der Waals surface area contributed by atoms with Crippen molar-refractivity contribution in [3.63, 3.8) is 0 Å². The second-order valence-electron chi connectivity index (χ2n) is 6.24. The molecule has 2 N–H and O–H groups in total. The van der Waals surface area contributed by atoms with Crippen LogP contribution in [0.3, 0.4) is 0 Å². The highest BCUT2D eigenvalue weighted by atomic mass is 16.2. The number of hydrazine groups is 1. The maximum absolute atomic E-state index is 12.7. The lowest BCUT2D eigenvalue weighted by Gasteiger charge is -2.25. The van der Waals surface area contributed by atoms with E-state index in [1.54, 1.807) is 36.7 Å². The summed E-state index contributed by atoms with van der Waals surface area (Å²) in [5.41, 5.74) is 6.10. The lowest BCUT2D eigenvalue weighted by Crippen LogP contribution is -2.47. The monoisotopic (exact) mass is 363 g/mol. The first-order chi connectivity index (χ1) is 13.1. The van der Waals surface area contributed by atoms with Gasteiger partial charge in [-0.3, -0.25) is 25.4 Å². The van der Waals surface area contributed by atoms with Crippen molar-refractivity contribution in [2.24, 2.45) is 16.8 Å². The molecule has 0 saturated heterocycles. The SMILES string of the molecule is CC(=O)C1CC=CCC1C(=O)NN/C(=N\c1ccccn1)c1ccccn1. The van der Waals surface area contributed by atoms with Crippen molar-refractivity contribution in [2.75, 3.05) is 0 Å². The Balaban J connectivity index is 1.77. The summed E-state index contributed by atoms with van der Waals surface area (Å²) in [5, 5.41) is 0. The van der Waals surface area contributed by atoms with Crippen molar-refractivity contribution in [1.82, 2.24) is 20.8 Å². The highest BCUT2D eigenvalue weighted by Gasteiger charge is 2.32. The van der Waals surface area contributed by atoms with E-state index >= 15 is 0 Å². The fourth-order valence-electron chi connectivity index (χ4n) is 2.95. The highest BCUT2D eigenvalue weighted by Crippen LogP contribution is 2.26. The Labute approximate surface area is 157 Å². The van der Waals surface area contributed by atoms with Crippen molar-refractivity contribution in [2.45, 2.75) is 19.8 Å². The number of amides is 1. The normalized spacial score (nSPS) is 19.4. The van der Waals surface area contributed by atoms with Crippen LogP contribution in [0.15, 0.2) is 65.9 Å². The van der Waals surface area contributed by atoms with Gasteiger partial charge in [-0.15, -0.1) is 0 Å². The second kappa shape index (κ2) is 8.84. The van der Waals surface area contributed by atoms with Gasteiger partial charge in [0.2, 0.25) is 5.91 Å². The molecule has 7 nitrogen and oxygen atoms in total. The van der Waals surface area contributed by atoms with Crippen LogP contribution in [0, 0.1) is 11.8 Å². The Kier molecular flexibility index (Phi) is 6.04. The first kappa shape index (κ1) is 18.4. The van der Waals surface area contributed by atoms with Gasteiger partial charge in [0.15, 0.2) is 11.7 Å². The number of carbonyl (C=O) groups excluding carboxylic acids is 2.